The van der Waals surface area contributed by atoms with Crippen LogP contribution in [0.5, 0.6) is 0 Å². The van der Waals surface area contributed by atoms with Gasteiger partial charge in [0.2, 0.25) is 5.95 Å². The van der Waals surface area contributed by atoms with Gasteiger partial charge in [0, 0.05) is 5.02 Å². The van der Waals surface area contributed by atoms with Crippen molar-refractivity contribution in [2.24, 2.45) is 0 Å². The van der Waals surface area contributed by atoms with E-state index in [2.05, 4.69) is 4.98 Å². The Morgan fingerprint density at radius 3 is 2.84 bits per heavy atom. The maximum Gasteiger partial charge on any atom is 0.206 e. The molecule has 0 aliphatic heterocycles. The van der Waals surface area contributed by atoms with Crippen LogP contribution < -0.4 is 5.73 Å². The van der Waals surface area contributed by atoms with Gasteiger partial charge in [-0.3, -0.25) is 4.57 Å². The summed E-state index contributed by atoms with van der Waals surface area (Å²) in [6.07, 6.45) is 0. The first-order chi connectivity index (χ1) is 9.08. The second-order valence-corrected chi connectivity index (χ2v) is 4.78. The average molecular weight is 276 g/mol. The van der Waals surface area contributed by atoms with Gasteiger partial charge in [-0.15, -0.1) is 0 Å². The van der Waals surface area contributed by atoms with Crippen molar-refractivity contribution in [1.29, 1.82) is 0 Å². The molecule has 0 spiro atoms. The third kappa shape index (κ3) is 1.85. The standard InChI is InChI=1S/C14H11ClFN3/c1-8-5-6-9(15)7-12(8)19-11-4-2-3-10(16)13(11)18-14(19)17/h2-7H,1H3,(H2,17,18). The molecular formula is C14H11ClFN3. The Bertz CT molecular complexity index is 780. The Morgan fingerprint density at radius 2 is 2.05 bits per heavy atom. The summed E-state index contributed by atoms with van der Waals surface area (Å²) < 4.78 is 15.4. The van der Waals surface area contributed by atoms with Crippen LogP contribution in [0.2, 0.25) is 5.02 Å². The molecule has 2 aromatic carbocycles. The number of hydrogen-bond acceptors (Lipinski definition) is 2. The minimum atomic E-state index is -0.386. The molecule has 1 aromatic heterocycles. The van der Waals surface area contributed by atoms with Crippen LogP contribution in [0, 0.1) is 12.7 Å². The van der Waals surface area contributed by atoms with Crippen molar-refractivity contribution < 1.29 is 4.39 Å². The van der Waals surface area contributed by atoms with Gasteiger partial charge in [-0.1, -0.05) is 23.7 Å². The van der Waals surface area contributed by atoms with Gasteiger partial charge >= 0.3 is 0 Å². The number of anilines is 1. The lowest BCUT2D eigenvalue weighted by atomic mass is 10.2. The fourth-order valence-corrected chi connectivity index (χ4v) is 2.33. The lowest BCUT2D eigenvalue weighted by Crippen LogP contribution is -2.02. The average Bonchev–Trinajstić information content (AvgIpc) is 2.70. The number of nitrogens with zero attached hydrogens (tertiary/aromatic N) is 2. The van der Waals surface area contributed by atoms with Gasteiger partial charge in [0.1, 0.15) is 5.52 Å². The van der Waals surface area contributed by atoms with Gasteiger partial charge in [0.15, 0.2) is 5.82 Å². The molecule has 5 heteroatoms. The summed E-state index contributed by atoms with van der Waals surface area (Å²) in [4.78, 5) is 4.08. The fourth-order valence-electron chi connectivity index (χ4n) is 2.16. The second kappa shape index (κ2) is 4.24. The molecule has 0 radical (unpaired) electrons. The third-order valence-corrected chi connectivity index (χ3v) is 3.31. The first-order valence-corrected chi connectivity index (χ1v) is 6.14. The summed E-state index contributed by atoms with van der Waals surface area (Å²) in [6.45, 7) is 1.94. The highest BCUT2D eigenvalue weighted by atomic mass is 35.5. The molecule has 0 saturated heterocycles. The molecule has 0 aliphatic carbocycles. The van der Waals surface area contributed by atoms with E-state index in [-0.39, 0.29) is 17.3 Å². The number of benzene rings is 2. The molecular weight excluding hydrogens is 265 g/mol. The van der Waals surface area contributed by atoms with Crippen molar-refractivity contribution >= 4 is 28.6 Å². The zero-order chi connectivity index (χ0) is 13.6. The zero-order valence-corrected chi connectivity index (χ0v) is 10.9. The van der Waals surface area contributed by atoms with E-state index >= 15 is 0 Å². The number of imidazole rings is 1. The second-order valence-electron chi connectivity index (χ2n) is 4.34. The van der Waals surface area contributed by atoms with E-state index in [0.29, 0.717) is 10.5 Å². The number of halogens is 2. The Morgan fingerprint density at radius 1 is 1.26 bits per heavy atom. The number of aromatic nitrogens is 2. The van der Waals surface area contributed by atoms with Crippen molar-refractivity contribution in [1.82, 2.24) is 9.55 Å². The highest BCUT2D eigenvalue weighted by Gasteiger charge is 2.14. The molecule has 3 rings (SSSR count). The van der Waals surface area contributed by atoms with E-state index in [4.69, 9.17) is 17.3 Å². The van der Waals surface area contributed by atoms with Gasteiger partial charge in [0.25, 0.3) is 0 Å². The van der Waals surface area contributed by atoms with Crippen LogP contribution in [0.1, 0.15) is 5.56 Å². The summed E-state index contributed by atoms with van der Waals surface area (Å²) >= 11 is 6.02. The molecule has 0 bridgehead atoms. The van der Waals surface area contributed by atoms with Crippen LogP contribution in [0.4, 0.5) is 10.3 Å². The van der Waals surface area contributed by atoms with Crippen molar-refractivity contribution in [3.05, 3.63) is 52.8 Å². The molecule has 96 valence electrons. The van der Waals surface area contributed by atoms with E-state index in [9.17, 15) is 4.39 Å². The number of nitrogen functional groups attached to an aromatic ring is 1. The summed E-state index contributed by atoms with van der Waals surface area (Å²) in [5, 5.41) is 0.596. The largest absolute Gasteiger partial charge is 0.369 e. The maximum atomic E-state index is 13.7. The van der Waals surface area contributed by atoms with Crippen LogP contribution in [-0.4, -0.2) is 9.55 Å². The lowest BCUT2D eigenvalue weighted by Gasteiger charge is -2.10. The predicted octanol–water partition coefficient (Wildman–Crippen LogP) is 3.71. The predicted molar refractivity (Wildman–Crippen MR) is 75.2 cm³/mol. The first-order valence-electron chi connectivity index (χ1n) is 5.77. The zero-order valence-electron chi connectivity index (χ0n) is 10.2. The Labute approximate surface area is 114 Å². The Kier molecular flexibility index (Phi) is 2.68. The van der Waals surface area contributed by atoms with Crippen molar-refractivity contribution in [2.75, 3.05) is 5.73 Å². The van der Waals surface area contributed by atoms with E-state index in [1.165, 1.54) is 6.07 Å². The van der Waals surface area contributed by atoms with E-state index in [1.807, 2.05) is 13.0 Å². The van der Waals surface area contributed by atoms with E-state index in [0.717, 1.165) is 11.3 Å². The molecule has 0 atom stereocenters. The molecule has 0 saturated carbocycles. The third-order valence-electron chi connectivity index (χ3n) is 3.07. The van der Waals surface area contributed by atoms with Crippen molar-refractivity contribution in [3.8, 4) is 5.69 Å². The van der Waals surface area contributed by atoms with Crippen molar-refractivity contribution in [3.63, 3.8) is 0 Å². The number of para-hydroxylation sites is 1. The molecule has 2 N–H and O–H groups in total. The monoisotopic (exact) mass is 275 g/mol. The molecule has 0 amide bonds. The highest BCUT2D eigenvalue weighted by molar-refractivity contribution is 6.30. The molecule has 1 heterocycles. The highest BCUT2D eigenvalue weighted by Crippen LogP contribution is 2.28. The van der Waals surface area contributed by atoms with E-state index < -0.39 is 0 Å². The number of fused-ring (bicyclic) bond motifs is 1. The van der Waals surface area contributed by atoms with Gasteiger partial charge in [0.05, 0.1) is 11.2 Å². The van der Waals surface area contributed by atoms with E-state index in [1.54, 1.807) is 28.8 Å². The Hall–Kier alpha value is -2.07. The van der Waals surface area contributed by atoms with Gasteiger partial charge < -0.3 is 5.73 Å². The SMILES string of the molecule is Cc1ccc(Cl)cc1-n1c(N)nc2c(F)cccc21. The van der Waals surface area contributed by atoms with Crippen LogP contribution in [-0.2, 0) is 0 Å². The number of nitrogens with two attached hydrogens (primary N) is 1. The number of aryl methyl sites for hydroxylation is 1. The molecule has 3 nitrogen and oxygen atoms in total. The molecule has 0 aliphatic rings. The summed E-state index contributed by atoms with van der Waals surface area (Å²) in [5.74, 6) is -0.145. The Balaban J connectivity index is 2.39. The summed E-state index contributed by atoms with van der Waals surface area (Å²) in [6, 6.07) is 10.3. The fraction of sp³-hybridized carbons (Fsp3) is 0.0714. The first kappa shape index (κ1) is 12.0. The van der Waals surface area contributed by atoms with Crippen LogP contribution >= 0.6 is 11.6 Å². The van der Waals surface area contributed by atoms with Crippen LogP contribution in [0.25, 0.3) is 16.7 Å². The topological polar surface area (TPSA) is 43.8 Å². The smallest absolute Gasteiger partial charge is 0.206 e. The summed E-state index contributed by atoms with van der Waals surface area (Å²) in [7, 11) is 0. The van der Waals surface area contributed by atoms with Gasteiger partial charge in [-0.2, -0.15) is 0 Å². The lowest BCUT2D eigenvalue weighted by molar-refractivity contribution is 0.637. The quantitative estimate of drug-likeness (QED) is 0.736. The van der Waals surface area contributed by atoms with Crippen LogP contribution in [0.3, 0.4) is 0 Å². The van der Waals surface area contributed by atoms with Crippen molar-refractivity contribution in [2.45, 2.75) is 6.92 Å². The normalized spacial score (nSPS) is 11.1. The molecule has 3 aromatic rings. The molecule has 0 fully saturated rings. The maximum absolute atomic E-state index is 13.7. The molecule has 0 unspecified atom stereocenters. The van der Waals surface area contributed by atoms with Gasteiger partial charge in [-0.25, -0.2) is 9.37 Å². The molecule has 19 heavy (non-hydrogen) atoms. The number of rotatable bonds is 1. The van der Waals surface area contributed by atoms with Crippen LogP contribution in [0.15, 0.2) is 36.4 Å². The van der Waals surface area contributed by atoms with Gasteiger partial charge in [-0.05, 0) is 36.8 Å². The minimum Gasteiger partial charge on any atom is -0.369 e. The number of hydrogen-bond donors (Lipinski definition) is 1. The summed E-state index contributed by atoms with van der Waals surface area (Å²) in [5.41, 5.74) is 8.60. The minimum absolute atomic E-state index is 0.241.